The zero-order valence-electron chi connectivity index (χ0n) is 15.6. The fourth-order valence-corrected chi connectivity index (χ4v) is 2.76. The molecule has 0 saturated heterocycles. The van der Waals surface area contributed by atoms with E-state index in [-0.39, 0.29) is 18.6 Å². The lowest BCUT2D eigenvalue weighted by molar-refractivity contribution is 0.0940. The van der Waals surface area contributed by atoms with Crippen molar-refractivity contribution in [3.8, 4) is 0 Å². The van der Waals surface area contributed by atoms with Crippen LogP contribution in [-0.4, -0.2) is 12.0 Å². The second-order valence-electron chi connectivity index (χ2n) is 6.34. The van der Waals surface area contributed by atoms with Crippen LogP contribution in [0.5, 0.6) is 0 Å². The minimum atomic E-state index is -0.611. The van der Waals surface area contributed by atoms with E-state index in [0.717, 1.165) is 11.1 Å². The number of para-hydroxylation sites is 1. The first kappa shape index (κ1) is 19.2. The van der Waals surface area contributed by atoms with Gasteiger partial charge in [0.25, 0.3) is 5.91 Å². The number of benzene rings is 3. The summed E-state index contributed by atoms with van der Waals surface area (Å²) in [5.41, 5.74) is 2.67. The number of nitrogens with one attached hydrogen (secondary N) is 2. The Morgan fingerprint density at radius 1 is 0.857 bits per heavy atom. The van der Waals surface area contributed by atoms with Gasteiger partial charge in [-0.05, 0) is 30.2 Å². The zero-order chi connectivity index (χ0) is 19.8. The van der Waals surface area contributed by atoms with Crippen LogP contribution < -0.4 is 10.6 Å². The Morgan fingerprint density at radius 3 is 2.18 bits per heavy atom. The average Bonchev–Trinajstić information content (AvgIpc) is 2.74. The number of rotatable bonds is 6. The zero-order valence-corrected chi connectivity index (χ0v) is 15.6. The van der Waals surface area contributed by atoms with E-state index >= 15 is 0 Å². The molecule has 142 valence electrons. The second-order valence-corrected chi connectivity index (χ2v) is 6.34. The Balaban J connectivity index is 1.63. The Hall–Kier alpha value is -3.60. The molecule has 0 bridgehead atoms. The van der Waals surface area contributed by atoms with Gasteiger partial charge in [-0.1, -0.05) is 72.8 Å². The van der Waals surface area contributed by atoms with Gasteiger partial charge >= 0.3 is 6.09 Å². The maximum Gasteiger partial charge on any atom is 0.411 e. The van der Waals surface area contributed by atoms with Crippen molar-refractivity contribution in [3.63, 3.8) is 0 Å². The van der Waals surface area contributed by atoms with Crippen LogP contribution in [0.3, 0.4) is 0 Å². The minimum Gasteiger partial charge on any atom is -0.444 e. The van der Waals surface area contributed by atoms with E-state index in [1.165, 1.54) is 0 Å². The van der Waals surface area contributed by atoms with Crippen LogP contribution in [0.1, 0.15) is 34.5 Å². The molecule has 0 saturated carbocycles. The molecule has 0 fully saturated rings. The van der Waals surface area contributed by atoms with Crippen LogP contribution in [0.4, 0.5) is 10.5 Å². The smallest absolute Gasteiger partial charge is 0.411 e. The SMILES string of the molecule is CC(NC(=O)c1ccccc1NC(=O)OCc1ccccc1)c1ccccc1. The van der Waals surface area contributed by atoms with Crippen molar-refractivity contribution in [3.05, 3.63) is 102 Å². The molecule has 0 spiro atoms. The minimum absolute atomic E-state index is 0.159. The van der Waals surface area contributed by atoms with Crippen molar-refractivity contribution in [2.24, 2.45) is 0 Å². The first-order chi connectivity index (χ1) is 13.6. The van der Waals surface area contributed by atoms with E-state index in [1.54, 1.807) is 24.3 Å². The van der Waals surface area contributed by atoms with Gasteiger partial charge in [-0.2, -0.15) is 0 Å². The van der Waals surface area contributed by atoms with Gasteiger partial charge in [0.05, 0.1) is 17.3 Å². The van der Waals surface area contributed by atoms with Gasteiger partial charge in [-0.15, -0.1) is 0 Å². The fraction of sp³-hybridized carbons (Fsp3) is 0.130. The van der Waals surface area contributed by atoms with Gasteiger partial charge < -0.3 is 10.1 Å². The van der Waals surface area contributed by atoms with Gasteiger partial charge in [-0.25, -0.2) is 4.79 Å². The van der Waals surface area contributed by atoms with Gasteiger partial charge in [0.15, 0.2) is 0 Å². The molecule has 28 heavy (non-hydrogen) atoms. The topological polar surface area (TPSA) is 67.4 Å². The van der Waals surface area contributed by atoms with Crippen LogP contribution in [-0.2, 0) is 11.3 Å². The van der Waals surface area contributed by atoms with Crippen molar-refractivity contribution in [2.75, 3.05) is 5.32 Å². The molecule has 3 rings (SSSR count). The van der Waals surface area contributed by atoms with Crippen molar-refractivity contribution in [2.45, 2.75) is 19.6 Å². The molecule has 3 aromatic carbocycles. The summed E-state index contributed by atoms with van der Waals surface area (Å²) in [6.07, 6.45) is -0.611. The largest absolute Gasteiger partial charge is 0.444 e. The van der Waals surface area contributed by atoms with Gasteiger partial charge in [0.2, 0.25) is 0 Å². The molecule has 1 atom stereocenters. The number of ether oxygens (including phenoxy) is 1. The standard InChI is InChI=1S/C23H22N2O3/c1-17(19-12-6-3-7-13-19)24-22(26)20-14-8-9-15-21(20)25-23(27)28-16-18-10-4-2-5-11-18/h2-15,17H,16H2,1H3,(H,24,26)(H,25,27). The predicted octanol–water partition coefficient (Wildman–Crippen LogP) is 4.93. The van der Waals surface area contributed by atoms with Crippen molar-refractivity contribution < 1.29 is 14.3 Å². The Kier molecular flexibility index (Phi) is 6.41. The number of carbonyl (C=O) groups is 2. The maximum absolute atomic E-state index is 12.7. The van der Waals surface area contributed by atoms with Gasteiger partial charge in [0, 0.05) is 0 Å². The summed E-state index contributed by atoms with van der Waals surface area (Å²) in [5.74, 6) is -0.268. The highest BCUT2D eigenvalue weighted by Gasteiger charge is 2.16. The predicted molar refractivity (Wildman–Crippen MR) is 109 cm³/mol. The number of amides is 2. The lowest BCUT2D eigenvalue weighted by Gasteiger charge is -2.16. The Morgan fingerprint density at radius 2 is 1.46 bits per heavy atom. The molecule has 2 N–H and O–H groups in total. The van der Waals surface area contributed by atoms with Crippen molar-refractivity contribution >= 4 is 17.7 Å². The highest BCUT2D eigenvalue weighted by atomic mass is 16.5. The van der Waals surface area contributed by atoms with Crippen LogP contribution in [0.25, 0.3) is 0 Å². The van der Waals surface area contributed by atoms with Gasteiger partial charge in [0.1, 0.15) is 6.61 Å². The summed E-state index contributed by atoms with van der Waals surface area (Å²) >= 11 is 0. The third-order valence-electron chi connectivity index (χ3n) is 4.27. The summed E-state index contributed by atoms with van der Waals surface area (Å²) in [7, 11) is 0. The lowest BCUT2D eigenvalue weighted by Crippen LogP contribution is -2.28. The summed E-state index contributed by atoms with van der Waals surface area (Å²) in [6, 6.07) is 25.8. The second kappa shape index (κ2) is 9.37. The number of anilines is 1. The molecule has 3 aromatic rings. The van der Waals surface area contributed by atoms with Crippen molar-refractivity contribution in [1.29, 1.82) is 0 Å². The monoisotopic (exact) mass is 374 g/mol. The first-order valence-corrected chi connectivity index (χ1v) is 9.06. The molecule has 0 radical (unpaired) electrons. The van der Waals surface area contributed by atoms with E-state index in [9.17, 15) is 9.59 Å². The molecule has 5 nitrogen and oxygen atoms in total. The summed E-state index contributed by atoms with van der Waals surface area (Å²) in [4.78, 5) is 24.8. The molecule has 0 aromatic heterocycles. The molecule has 1 unspecified atom stereocenters. The molecular weight excluding hydrogens is 352 g/mol. The first-order valence-electron chi connectivity index (χ1n) is 9.06. The number of hydrogen-bond donors (Lipinski definition) is 2. The van der Waals surface area contributed by atoms with E-state index in [2.05, 4.69) is 10.6 Å². The van der Waals surface area contributed by atoms with Crippen molar-refractivity contribution in [1.82, 2.24) is 5.32 Å². The molecule has 0 aliphatic rings. The molecule has 0 aliphatic heterocycles. The fourth-order valence-electron chi connectivity index (χ4n) is 2.76. The molecule has 0 aliphatic carbocycles. The Bertz CT molecular complexity index is 927. The van der Waals surface area contributed by atoms with Crippen LogP contribution >= 0.6 is 0 Å². The van der Waals surface area contributed by atoms with Crippen LogP contribution in [0.15, 0.2) is 84.9 Å². The maximum atomic E-state index is 12.7. The molecular formula is C23H22N2O3. The normalized spacial score (nSPS) is 11.3. The highest BCUT2D eigenvalue weighted by Crippen LogP contribution is 2.18. The number of carbonyl (C=O) groups excluding carboxylic acids is 2. The number of hydrogen-bond acceptors (Lipinski definition) is 3. The van der Waals surface area contributed by atoms with Crippen LogP contribution in [0, 0.1) is 0 Å². The third-order valence-corrected chi connectivity index (χ3v) is 4.27. The Labute approximate surface area is 164 Å². The third kappa shape index (κ3) is 5.20. The van der Waals surface area contributed by atoms with E-state index in [4.69, 9.17) is 4.74 Å². The average molecular weight is 374 g/mol. The summed E-state index contributed by atoms with van der Waals surface area (Å²) < 4.78 is 5.24. The molecule has 2 amide bonds. The quantitative estimate of drug-likeness (QED) is 0.643. The van der Waals surface area contributed by atoms with E-state index < -0.39 is 6.09 Å². The summed E-state index contributed by atoms with van der Waals surface area (Å²) in [5, 5.41) is 5.61. The molecule has 5 heteroatoms. The van der Waals surface area contributed by atoms with E-state index in [0.29, 0.717) is 11.3 Å². The van der Waals surface area contributed by atoms with Gasteiger partial charge in [-0.3, -0.25) is 10.1 Å². The lowest BCUT2D eigenvalue weighted by atomic mass is 10.1. The molecule has 0 heterocycles. The summed E-state index contributed by atoms with van der Waals surface area (Å²) in [6.45, 7) is 2.07. The van der Waals surface area contributed by atoms with Crippen LogP contribution in [0.2, 0.25) is 0 Å². The van der Waals surface area contributed by atoms with E-state index in [1.807, 2.05) is 67.6 Å². The highest BCUT2D eigenvalue weighted by molar-refractivity contribution is 6.02.